The van der Waals surface area contributed by atoms with Gasteiger partial charge in [0.05, 0.1) is 11.9 Å². The highest BCUT2D eigenvalue weighted by Gasteiger charge is 2.15. The van der Waals surface area contributed by atoms with Crippen LogP contribution in [0.4, 0.5) is 0 Å². The molecule has 4 rings (SSSR count). The highest BCUT2D eigenvalue weighted by atomic mass is 32.1. The van der Waals surface area contributed by atoms with Gasteiger partial charge in [-0.05, 0) is 36.5 Å². The third kappa shape index (κ3) is 3.58. The smallest absolute Gasteiger partial charge is 0.186 e. The number of hydrazone groups is 1. The van der Waals surface area contributed by atoms with E-state index in [0.717, 1.165) is 22.2 Å². The van der Waals surface area contributed by atoms with Gasteiger partial charge in [-0.2, -0.15) is 10.2 Å². The van der Waals surface area contributed by atoms with Crippen molar-refractivity contribution in [2.75, 3.05) is 7.05 Å². The molecule has 0 spiro atoms. The molecule has 0 fully saturated rings. The van der Waals surface area contributed by atoms with Crippen LogP contribution in [0.15, 0.2) is 76.4 Å². The first kappa shape index (κ1) is 17.0. The summed E-state index contributed by atoms with van der Waals surface area (Å²) in [6.07, 6.45) is 3.59. The van der Waals surface area contributed by atoms with E-state index in [1.165, 1.54) is 0 Å². The van der Waals surface area contributed by atoms with Gasteiger partial charge in [-0.25, -0.2) is 4.68 Å². The fourth-order valence-electron chi connectivity index (χ4n) is 2.70. The Kier molecular flexibility index (Phi) is 4.67. The van der Waals surface area contributed by atoms with E-state index in [1.807, 2.05) is 66.9 Å². The number of fused-ring (bicyclic) bond motifs is 1. The average Bonchev–Trinajstić information content (AvgIpc) is 3.32. The summed E-state index contributed by atoms with van der Waals surface area (Å²) in [7, 11) is 1.73. The maximum atomic E-state index is 6.00. The minimum atomic E-state index is 0.437. The zero-order valence-electron chi connectivity index (χ0n) is 14.6. The van der Waals surface area contributed by atoms with Crippen molar-refractivity contribution in [1.29, 1.82) is 0 Å². The zero-order chi connectivity index (χ0) is 18.6. The summed E-state index contributed by atoms with van der Waals surface area (Å²) in [5.74, 6) is 0.684. The molecule has 2 aromatic heterocycles. The third-order valence-electron chi connectivity index (χ3n) is 4.02. The maximum Gasteiger partial charge on any atom is 0.186 e. The first-order valence-electron chi connectivity index (χ1n) is 8.39. The Morgan fingerprint density at radius 2 is 1.93 bits per heavy atom. The lowest BCUT2D eigenvalue weighted by Crippen LogP contribution is -2.28. The molecular formula is C20H17N5OS. The van der Waals surface area contributed by atoms with Crippen molar-refractivity contribution >= 4 is 34.5 Å². The second-order valence-corrected chi connectivity index (χ2v) is 6.22. The van der Waals surface area contributed by atoms with E-state index in [0.29, 0.717) is 16.6 Å². The second-order valence-electron chi connectivity index (χ2n) is 5.81. The van der Waals surface area contributed by atoms with Crippen LogP contribution in [0.2, 0.25) is 0 Å². The molecule has 0 saturated heterocycles. The molecule has 0 aliphatic carbocycles. The zero-order valence-corrected chi connectivity index (χ0v) is 15.4. The molecule has 0 aliphatic rings. The molecule has 0 bridgehead atoms. The Morgan fingerprint density at radius 3 is 2.70 bits per heavy atom. The van der Waals surface area contributed by atoms with Crippen LogP contribution in [0.1, 0.15) is 5.56 Å². The fourth-order valence-corrected chi connectivity index (χ4v) is 2.75. The second kappa shape index (κ2) is 7.43. The quantitative estimate of drug-likeness (QED) is 0.323. The van der Waals surface area contributed by atoms with Gasteiger partial charge in [0.25, 0.3) is 0 Å². The van der Waals surface area contributed by atoms with Crippen LogP contribution in [-0.4, -0.2) is 28.2 Å². The molecule has 0 aliphatic heterocycles. The van der Waals surface area contributed by atoms with Crippen LogP contribution in [-0.2, 0) is 0 Å². The Bertz CT molecular complexity index is 1080. The topological polar surface area (TPSA) is 67.4 Å². The minimum absolute atomic E-state index is 0.437. The highest BCUT2D eigenvalue weighted by molar-refractivity contribution is 7.80. The number of para-hydroxylation sites is 2. The lowest BCUT2D eigenvalue weighted by atomic mass is 10.2. The number of benzene rings is 2. The highest BCUT2D eigenvalue weighted by Crippen LogP contribution is 2.29. The fraction of sp³-hybridized carbons (Fsp3) is 0.0500. The van der Waals surface area contributed by atoms with Crippen LogP contribution in [0, 0.1) is 0 Å². The summed E-state index contributed by atoms with van der Waals surface area (Å²) < 4.78 is 7.80. The van der Waals surface area contributed by atoms with E-state index in [1.54, 1.807) is 17.9 Å². The molecule has 0 atom stereocenters. The number of thiocarbonyl (C=S) groups is 1. The number of hydrogen-bond donors (Lipinski definition) is 2. The molecule has 2 aromatic carbocycles. The summed E-state index contributed by atoms with van der Waals surface area (Å²) >= 11 is 5.05. The lowest BCUT2D eigenvalue weighted by molar-refractivity contribution is 0.627. The lowest BCUT2D eigenvalue weighted by Gasteiger charge is -1.99. The van der Waals surface area contributed by atoms with Crippen molar-refractivity contribution in [2.45, 2.75) is 0 Å². The van der Waals surface area contributed by atoms with Crippen LogP contribution < -0.4 is 10.7 Å². The minimum Gasteiger partial charge on any atom is -0.454 e. The van der Waals surface area contributed by atoms with Crippen molar-refractivity contribution in [1.82, 2.24) is 20.5 Å². The molecule has 7 heteroatoms. The first-order chi connectivity index (χ1) is 13.2. The number of rotatable bonds is 4. The largest absolute Gasteiger partial charge is 0.454 e. The first-order valence-corrected chi connectivity index (χ1v) is 8.80. The third-order valence-corrected chi connectivity index (χ3v) is 4.31. The van der Waals surface area contributed by atoms with Crippen LogP contribution >= 0.6 is 12.2 Å². The molecule has 134 valence electrons. The van der Waals surface area contributed by atoms with Crippen molar-refractivity contribution in [3.63, 3.8) is 0 Å². The number of hydrogen-bond acceptors (Lipinski definition) is 4. The van der Waals surface area contributed by atoms with Crippen LogP contribution in [0.3, 0.4) is 0 Å². The number of nitrogens with one attached hydrogen (secondary N) is 2. The van der Waals surface area contributed by atoms with Gasteiger partial charge in [-0.15, -0.1) is 0 Å². The monoisotopic (exact) mass is 375 g/mol. The summed E-state index contributed by atoms with van der Waals surface area (Å²) in [6.45, 7) is 0. The molecule has 0 saturated carbocycles. The van der Waals surface area contributed by atoms with Crippen LogP contribution in [0.5, 0.6) is 0 Å². The van der Waals surface area contributed by atoms with Crippen molar-refractivity contribution in [3.05, 3.63) is 72.4 Å². The van der Waals surface area contributed by atoms with Crippen molar-refractivity contribution in [3.8, 4) is 17.1 Å². The van der Waals surface area contributed by atoms with Gasteiger partial charge < -0.3 is 9.73 Å². The van der Waals surface area contributed by atoms with Gasteiger partial charge in [-0.1, -0.05) is 36.4 Å². The molecule has 0 radical (unpaired) electrons. The SMILES string of the molecule is CNC(=S)N/N=C\c1cn(-c2ccccc2)nc1-c1cc2ccccc2o1. The Labute approximate surface area is 161 Å². The predicted molar refractivity (Wildman–Crippen MR) is 111 cm³/mol. The maximum absolute atomic E-state index is 6.00. The van der Waals surface area contributed by atoms with Gasteiger partial charge in [0, 0.05) is 24.2 Å². The summed E-state index contributed by atoms with van der Waals surface area (Å²) in [5, 5.41) is 13.2. The van der Waals surface area contributed by atoms with Crippen molar-refractivity contribution in [2.24, 2.45) is 5.10 Å². The van der Waals surface area contributed by atoms with E-state index in [-0.39, 0.29) is 0 Å². The molecule has 6 nitrogen and oxygen atoms in total. The Hall–Kier alpha value is -3.45. The number of aromatic nitrogens is 2. The van der Waals surface area contributed by atoms with Gasteiger partial charge in [0.15, 0.2) is 10.9 Å². The Morgan fingerprint density at radius 1 is 1.15 bits per heavy atom. The predicted octanol–water partition coefficient (Wildman–Crippen LogP) is 3.71. The molecular weight excluding hydrogens is 358 g/mol. The van der Waals surface area contributed by atoms with Gasteiger partial charge in [0.2, 0.25) is 0 Å². The van der Waals surface area contributed by atoms with Crippen LogP contribution in [0.25, 0.3) is 28.1 Å². The van der Waals surface area contributed by atoms with E-state index in [4.69, 9.17) is 21.7 Å². The standard InChI is InChI=1S/C20H17N5OS/c1-21-20(27)23-22-12-15-13-25(16-8-3-2-4-9-16)24-19(15)18-11-14-7-5-6-10-17(14)26-18/h2-13H,1H3,(H2,21,23,27)/b22-12-. The van der Waals surface area contributed by atoms with Gasteiger partial charge in [-0.3, -0.25) is 5.43 Å². The van der Waals surface area contributed by atoms with Gasteiger partial charge >= 0.3 is 0 Å². The van der Waals surface area contributed by atoms with E-state index < -0.39 is 0 Å². The normalized spacial score (nSPS) is 11.1. The molecule has 4 aromatic rings. The molecule has 0 amide bonds. The van der Waals surface area contributed by atoms with Gasteiger partial charge in [0.1, 0.15) is 11.3 Å². The summed E-state index contributed by atoms with van der Waals surface area (Å²) in [5.41, 5.74) is 6.04. The summed E-state index contributed by atoms with van der Waals surface area (Å²) in [6, 6.07) is 19.8. The Balaban J connectivity index is 1.78. The van der Waals surface area contributed by atoms with E-state index in [9.17, 15) is 0 Å². The molecule has 2 heterocycles. The number of nitrogens with zero attached hydrogens (tertiary/aromatic N) is 3. The van der Waals surface area contributed by atoms with E-state index in [2.05, 4.69) is 15.8 Å². The number of furan rings is 1. The molecule has 2 N–H and O–H groups in total. The molecule has 0 unspecified atom stereocenters. The van der Waals surface area contributed by atoms with Crippen molar-refractivity contribution < 1.29 is 4.42 Å². The van der Waals surface area contributed by atoms with E-state index >= 15 is 0 Å². The summed E-state index contributed by atoms with van der Waals surface area (Å²) in [4.78, 5) is 0. The molecule has 27 heavy (non-hydrogen) atoms. The average molecular weight is 375 g/mol.